The molecule has 0 atom stereocenters. The summed E-state index contributed by atoms with van der Waals surface area (Å²) in [6.45, 7) is 0.410. The summed E-state index contributed by atoms with van der Waals surface area (Å²) < 4.78 is 10.1. The second-order valence-corrected chi connectivity index (χ2v) is 3.71. The van der Waals surface area contributed by atoms with Crippen molar-refractivity contribution in [1.29, 1.82) is 0 Å². The Morgan fingerprint density at radius 2 is 2.24 bits per heavy atom. The average Bonchev–Trinajstić information content (AvgIpc) is 2.94. The lowest BCUT2D eigenvalue weighted by Crippen LogP contribution is -1.82. The normalized spacial score (nSPS) is 11.1. The number of para-hydroxylation sites is 2. The van der Waals surface area contributed by atoms with E-state index in [1.165, 1.54) is 0 Å². The molecule has 0 amide bonds. The van der Waals surface area contributed by atoms with Crippen molar-refractivity contribution in [1.82, 2.24) is 15.1 Å². The highest BCUT2D eigenvalue weighted by molar-refractivity contribution is 5.78. The molecular formula is C12H11N3O2. The van der Waals surface area contributed by atoms with Gasteiger partial charge in [-0.2, -0.15) is 0 Å². The first-order valence-electron chi connectivity index (χ1n) is 5.26. The van der Waals surface area contributed by atoms with Crippen LogP contribution in [0, 0.1) is 0 Å². The van der Waals surface area contributed by atoms with Crippen LogP contribution in [0.1, 0.15) is 5.76 Å². The number of aromatic amines is 1. The number of imidazole rings is 1. The lowest BCUT2D eigenvalue weighted by atomic mass is 10.3. The van der Waals surface area contributed by atoms with Gasteiger partial charge in [-0.3, -0.25) is 0 Å². The molecular weight excluding hydrogens is 218 g/mol. The molecule has 5 heteroatoms. The predicted octanol–water partition coefficient (Wildman–Crippen LogP) is 2.36. The SMILES string of the molecule is COCc1cc(-c2nc3ccccc3[nH]2)no1. The molecule has 1 N–H and O–H groups in total. The Bertz CT molecular complexity index is 609. The Balaban J connectivity index is 2.01. The van der Waals surface area contributed by atoms with Gasteiger partial charge in [0, 0.05) is 13.2 Å². The molecule has 0 fully saturated rings. The molecule has 3 aromatic rings. The first kappa shape index (κ1) is 10.0. The minimum absolute atomic E-state index is 0.410. The monoisotopic (exact) mass is 229 g/mol. The van der Waals surface area contributed by atoms with Gasteiger partial charge >= 0.3 is 0 Å². The van der Waals surface area contributed by atoms with Gasteiger partial charge < -0.3 is 14.2 Å². The van der Waals surface area contributed by atoms with E-state index in [-0.39, 0.29) is 0 Å². The van der Waals surface area contributed by atoms with Crippen LogP contribution in [0.25, 0.3) is 22.6 Å². The van der Waals surface area contributed by atoms with Crippen molar-refractivity contribution in [3.63, 3.8) is 0 Å². The molecule has 0 radical (unpaired) electrons. The van der Waals surface area contributed by atoms with Crippen LogP contribution in [0.5, 0.6) is 0 Å². The Morgan fingerprint density at radius 1 is 1.35 bits per heavy atom. The third-order valence-electron chi connectivity index (χ3n) is 2.48. The van der Waals surface area contributed by atoms with E-state index >= 15 is 0 Å². The number of benzene rings is 1. The van der Waals surface area contributed by atoms with Crippen molar-refractivity contribution >= 4 is 11.0 Å². The number of nitrogens with one attached hydrogen (secondary N) is 1. The number of hydrogen-bond donors (Lipinski definition) is 1. The molecule has 0 aliphatic rings. The standard InChI is InChI=1S/C12H11N3O2/c1-16-7-8-6-11(15-17-8)12-13-9-4-2-3-5-10(9)14-12/h2-6H,7H2,1H3,(H,13,14). The molecule has 0 saturated heterocycles. The van der Waals surface area contributed by atoms with Crippen molar-refractivity contribution in [3.05, 3.63) is 36.1 Å². The van der Waals surface area contributed by atoms with E-state index < -0.39 is 0 Å². The number of ether oxygens (including phenoxy) is 1. The van der Waals surface area contributed by atoms with Gasteiger partial charge in [0.1, 0.15) is 12.3 Å². The molecule has 3 rings (SSSR count). The summed E-state index contributed by atoms with van der Waals surface area (Å²) in [5.74, 6) is 1.39. The Hall–Kier alpha value is -2.14. The van der Waals surface area contributed by atoms with E-state index in [1.54, 1.807) is 7.11 Å². The molecule has 0 saturated carbocycles. The first-order valence-corrected chi connectivity index (χ1v) is 5.26. The summed E-state index contributed by atoms with van der Waals surface area (Å²) >= 11 is 0. The maximum atomic E-state index is 5.12. The summed E-state index contributed by atoms with van der Waals surface area (Å²) in [5.41, 5.74) is 2.59. The van der Waals surface area contributed by atoms with Crippen molar-refractivity contribution in [3.8, 4) is 11.5 Å². The fourth-order valence-electron chi connectivity index (χ4n) is 1.71. The molecule has 0 aliphatic heterocycles. The summed E-state index contributed by atoms with van der Waals surface area (Å²) in [7, 11) is 1.61. The van der Waals surface area contributed by atoms with E-state index in [2.05, 4.69) is 15.1 Å². The zero-order chi connectivity index (χ0) is 11.7. The van der Waals surface area contributed by atoms with E-state index in [0.717, 1.165) is 11.0 Å². The highest BCUT2D eigenvalue weighted by Gasteiger charge is 2.10. The quantitative estimate of drug-likeness (QED) is 0.748. The molecule has 5 nitrogen and oxygen atoms in total. The van der Waals surface area contributed by atoms with Crippen LogP contribution in [-0.2, 0) is 11.3 Å². The number of fused-ring (bicyclic) bond motifs is 1. The van der Waals surface area contributed by atoms with E-state index in [4.69, 9.17) is 9.26 Å². The molecule has 2 heterocycles. The fraction of sp³-hybridized carbons (Fsp3) is 0.167. The molecule has 1 aromatic carbocycles. The molecule has 17 heavy (non-hydrogen) atoms. The highest BCUT2D eigenvalue weighted by Crippen LogP contribution is 2.20. The van der Waals surface area contributed by atoms with Crippen LogP contribution in [-0.4, -0.2) is 22.2 Å². The molecule has 2 aromatic heterocycles. The third kappa shape index (κ3) is 1.81. The van der Waals surface area contributed by atoms with Gasteiger partial charge in [-0.15, -0.1) is 0 Å². The lowest BCUT2D eigenvalue weighted by molar-refractivity contribution is 0.156. The minimum Gasteiger partial charge on any atom is -0.377 e. The van der Waals surface area contributed by atoms with E-state index in [9.17, 15) is 0 Å². The average molecular weight is 229 g/mol. The summed E-state index contributed by atoms with van der Waals surface area (Å²) in [6.07, 6.45) is 0. The first-order chi connectivity index (χ1) is 8.36. The second kappa shape index (κ2) is 4.03. The highest BCUT2D eigenvalue weighted by atomic mass is 16.5. The van der Waals surface area contributed by atoms with Gasteiger partial charge in [0.15, 0.2) is 11.6 Å². The van der Waals surface area contributed by atoms with Gasteiger partial charge in [-0.05, 0) is 12.1 Å². The molecule has 0 unspecified atom stereocenters. The number of rotatable bonds is 3. The van der Waals surface area contributed by atoms with Gasteiger partial charge in [-0.1, -0.05) is 17.3 Å². The topological polar surface area (TPSA) is 63.9 Å². The smallest absolute Gasteiger partial charge is 0.163 e. The summed E-state index contributed by atoms with van der Waals surface area (Å²) in [4.78, 5) is 7.63. The molecule has 0 bridgehead atoms. The second-order valence-electron chi connectivity index (χ2n) is 3.71. The number of aromatic nitrogens is 3. The largest absolute Gasteiger partial charge is 0.377 e. The van der Waals surface area contributed by atoms with Crippen molar-refractivity contribution < 1.29 is 9.26 Å². The van der Waals surface area contributed by atoms with Gasteiger partial charge in [0.05, 0.1) is 11.0 Å². The summed E-state index contributed by atoms with van der Waals surface area (Å²) in [6, 6.07) is 9.66. The zero-order valence-electron chi connectivity index (χ0n) is 9.30. The Morgan fingerprint density at radius 3 is 3.06 bits per heavy atom. The maximum absolute atomic E-state index is 5.12. The Labute approximate surface area is 97.4 Å². The van der Waals surface area contributed by atoms with Crippen LogP contribution in [0.2, 0.25) is 0 Å². The van der Waals surface area contributed by atoms with Crippen LogP contribution in [0.3, 0.4) is 0 Å². The van der Waals surface area contributed by atoms with Crippen molar-refractivity contribution in [2.75, 3.05) is 7.11 Å². The van der Waals surface area contributed by atoms with E-state index in [1.807, 2.05) is 30.3 Å². The molecule has 0 spiro atoms. The van der Waals surface area contributed by atoms with Crippen LogP contribution in [0.4, 0.5) is 0 Å². The minimum atomic E-state index is 0.410. The number of H-pyrrole nitrogens is 1. The van der Waals surface area contributed by atoms with Crippen LogP contribution < -0.4 is 0 Å². The molecule has 86 valence electrons. The van der Waals surface area contributed by atoms with Crippen molar-refractivity contribution in [2.45, 2.75) is 6.61 Å². The number of methoxy groups -OCH3 is 1. The number of hydrogen-bond acceptors (Lipinski definition) is 4. The lowest BCUT2D eigenvalue weighted by Gasteiger charge is -1.87. The third-order valence-corrected chi connectivity index (χ3v) is 2.48. The zero-order valence-corrected chi connectivity index (χ0v) is 9.30. The van der Waals surface area contributed by atoms with Crippen molar-refractivity contribution in [2.24, 2.45) is 0 Å². The summed E-state index contributed by atoms with van der Waals surface area (Å²) in [5, 5.41) is 3.95. The van der Waals surface area contributed by atoms with E-state index in [0.29, 0.717) is 23.9 Å². The fourth-order valence-corrected chi connectivity index (χ4v) is 1.71. The van der Waals surface area contributed by atoms with Gasteiger partial charge in [0.25, 0.3) is 0 Å². The predicted molar refractivity (Wildman–Crippen MR) is 62.3 cm³/mol. The Kier molecular flexibility index (Phi) is 2.38. The van der Waals surface area contributed by atoms with Crippen LogP contribution >= 0.6 is 0 Å². The van der Waals surface area contributed by atoms with Crippen LogP contribution in [0.15, 0.2) is 34.9 Å². The maximum Gasteiger partial charge on any atom is 0.163 e. The number of nitrogens with zero attached hydrogens (tertiary/aromatic N) is 2. The molecule has 0 aliphatic carbocycles. The van der Waals surface area contributed by atoms with Gasteiger partial charge in [0.2, 0.25) is 0 Å². The van der Waals surface area contributed by atoms with Gasteiger partial charge in [-0.25, -0.2) is 4.98 Å².